The molecule has 0 bridgehead atoms. The van der Waals surface area contributed by atoms with Crippen LogP contribution < -0.4 is 9.62 Å². The second-order valence-electron chi connectivity index (χ2n) is 8.52. The van der Waals surface area contributed by atoms with Crippen LogP contribution in [0.3, 0.4) is 0 Å². The van der Waals surface area contributed by atoms with Gasteiger partial charge in [0.1, 0.15) is 12.6 Å². The van der Waals surface area contributed by atoms with Crippen LogP contribution in [0, 0.1) is 6.92 Å². The molecule has 0 aliphatic rings. The monoisotopic (exact) mass is 507 g/mol. The standard InChI is InChI=1S/C25H34ClN3O4S/c1-6-19(3)27-25(31)20(4)28(15-14-21-10-8-7-9-11-21)24(30)17-29(34(5,32)33)23-13-12-22(26)16-18(23)2/h7-13,16,19-20H,6,14-15,17H2,1-5H3,(H,27,31)/t19-,20-/m1/s1. The molecule has 0 heterocycles. The van der Waals surface area contributed by atoms with E-state index >= 15 is 0 Å². The Morgan fingerprint density at radius 3 is 2.29 bits per heavy atom. The lowest BCUT2D eigenvalue weighted by Gasteiger charge is -2.32. The van der Waals surface area contributed by atoms with E-state index in [1.54, 1.807) is 32.0 Å². The second kappa shape index (κ2) is 12.2. The van der Waals surface area contributed by atoms with Crippen molar-refractivity contribution in [3.8, 4) is 0 Å². The highest BCUT2D eigenvalue weighted by Crippen LogP contribution is 2.26. The summed E-state index contributed by atoms with van der Waals surface area (Å²) >= 11 is 6.03. The number of hydrogen-bond acceptors (Lipinski definition) is 4. The number of anilines is 1. The molecular weight excluding hydrogens is 474 g/mol. The van der Waals surface area contributed by atoms with Crippen LogP contribution in [0.5, 0.6) is 0 Å². The molecule has 2 aromatic carbocycles. The van der Waals surface area contributed by atoms with Crippen molar-refractivity contribution in [1.82, 2.24) is 10.2 Å². The van der Waals surface area contributed by atoms with Gasteiger partial charge in [0, 0.05) is 17.6 Å². The van der Waals surface area contributed by atoms with E-state index in [-0.39, 0.29) is 18.5 Å². The first-order valence-corrected chi connectivity index (χ1v) is 13.5. The van der Waals surface area contributed by atoms with E-state index in [9.17, 15) is 18.0 Å². The molecule has 2 atom stereocenters. The van der Waals surface area contributed by atoms with Crippen LogP contribution in [0.4, 0.5) is 5.69 Å². The van der Waals surface area contributed by atoms with E-state index < -0.39 is 28.5 Å². The molecule has 2 aromatic rings. The van der Waals surface area contributed by atoms with Crippen molar-refractivity contribution in [2.45, 2.75) is 52.6 Å². The van der Waals surface area contributed by atoms with Crippen LogP contribution in [-0.4, -0.2) is 56.6 Å². The number of benzene rings is 2. The third-order valence-corrected chi connectivity index (χ3v) is 7.12. The second-order valence-corrected chi connectivity index (χ2v) is 10.9. The zero-order chi connectivity index (χ0) is 25.5. The van der Waals surface area contributed by atoms with E-state index in [0.717, 1.165) is 22.5 Å². The largest absolute Gasteiger partial charge is 0.352 e. The van der Waals surface area contributed by atoms with Crippen LogP contribution in [0.2, 0.25) is 5.02 Å². The number of carbonyl (C=O) groups is 2. The van der Waals surface area contributed by atoms with Gasteiger partial charge in [0.15, 0.2) is 0 Å². The summed E-state index contributed by atoms with van der Waals surface area (Å²) in [4.78, 5) is 27.8. The summed E-state index contributed by atoms with van der Waals surface area (Å²) in [6.07, 6.45) is 2.35. The van der Waals surface area contributed by atoms with Gasteiger partial charge in [0.25, 0.3) is 0 Å². The van der Waals surface area contributed by atoms with Gasteiger partial charge in [-0.2, -0.15) is 0 Å². The van der Waals surface area contributed by atoms with Crippen LogP contribution in [0.25, 0.3) is 0 Å². The summed E-state index contributed by atoms with van der Waals surface area (Å²) in [6, 6.07) is 13.6. The molecule has 0 unspecified atom stereocenters. The number of rotatable bonds is 11. The first-order valence-electron chi connectivity index (χ1n) is 11.3. The zero-order valence-electron chi connectivity index (χ0n) is 20.4. The number of aryl methyl sites for hydroxylation is 1. The maximum absolute atomic E-state index is 13.5. The van der Waals surface area contributed by atoms with Gasteiger partial charge < -0.3 is 10.2 Å². The highest BCUT2D eigenvalue weighted by atomic mass is 35.5. The number of nitrogens with zero attached hydrogens (tertiary/aromatic N) is 2. The Bertz CT molecular complexity index is 1090. The van der Waals surface area contributed by atoms with Gasteiger partial charge in [-0.3, -0.25) is 13.9 Å². The van der Waals surface area contributed by atoms with Gasteiger partial charge in [-0.1, -0.05) is 48.9 Å². The number of hydrogen-bond donors (Lipinski definition) is 1. The molecule has 9 heteroatoms. The lowest BCUT2D eigenvalue weighted by atomic mass is 10.1. The highest BCUT2D eigenvalue weighted by molar-refractivity contribution is 7.92. The van der Waals surface area contributed by atoms with Gasteiger partial charge in [0.05, 0.1) is 11.9 Å². The molecule has 2 amide bonds. The highest BCUT2D eigenvalue weighted by Gasteiger charge is 2.30. The molecule has 2 rings (SSSR count). The van der Waals surface area contributed by atoms with Crippen molar-refractivity contribution in [3.05, 3.63) is 64.7 Å². The summed E-state index contributed by atoms with van der Waals surface area (Å²) in [5.74, 6) is -0.730. The molecule has 1 N–H and O–H groups in total. The fraction of sp³-hybridized carbons (Fsp3) is 0.440. The number of carbonyl (C=O) groups excluding carboxylic acids is 2. The zero-order valence-corrected chi connectivity index (χ0v) is 22.0. The summed E-state index contributed by atoms with van der Waals surface area (Å²) < 4.78 is 26.3. The van der Waals surface area contributed by atoms with E-state index in [0.29, 0.717) is 22.7 Å². The first kappa shape index (κ1) is 27.7. The molecule has 0 fully saturated rings. The maximum atomic E-state index is 13.5. The smallest absolute Gasteiger partial charge is 0.244 e. The molecule has 0 saturated heterocycles. The normalized spacial score (nSPS) is 13.1. The van der Waals surface area contributed by atoms with Gasteiger partial charge in [-0.05, 0) is 62.9 Å². The lowest BCUT2D eigenvalue weighted by molar-refractivity contribution is -0.139. The van der Waals surface area contributed by atoms with Crippen molar-refractivity contribution in [2.24, 2.45) is 0 Å². The van der Waals surface area contributed by atoms with Gasteiger partial charge in [0.2, 0.25) is 21.8 Å². The summed E-state index contributed by atoms with van der Waals surface area (Å²) in [5.41, 5.74) is 2.02. The minimum Gasteiger partial charge on any atom is -0.352 e. The van der Waals surface area contributed by atoms with Crippen molar-refractivity contribution in [2.75, 3.05) is 23.7 Å². The van der Waals surface area contributed by atoms with E-state index in [1.807, 2.05) is 44.2 Å². The number of nitrogens with one attached hydrogen (secondary N) is 1. The van der Waals surface area contributed by atoms with Crippen molar-refractivity contribution in [1.29, 1.82) is 0 Å². The summed E-state index contributed by atoms with van der Waals surface area (Å²) in [5, 5.41) is 3.39. The minimum atomic E-state index is -3.78. The third-order valence-electron chi connectivity index (χ3n) is 5.76. The Morgan fingerprint density at radius 2 is 1.74 bits per heavy atom. The van der Waals surface area contributed by atoms with Crippen LogP contribution in [0.1, 0.15) is 38.3 Å². The predicted molar refractivity (Wildman–Crippen MR) is 138 cm³/mol. The van der Waals surface area contributed by atoms with Gasteiger partial charge in [-0.25, -0.2) is 8.42 Å². The molecule has 0 aliphatic heterocycles. The topological polar surface area (TPSA) is 86.8 Å². The predicted octanol–water partition coefficient (Wildman–Crippen LogP) is 3.79. The Labute approximate surface area is 208 Å². The Hall–Kier alpha value is -2.58. The average molecular weight is 508 g/mol. The SMILES string of the molecule is CC[C@@H](C)NC(=O)[C@@H](C)N(CCc1ccccc1)C(=O)CN(c1ccc(Cl)cc1C)S(C)(=O)=O. The first-order chi connectivity index (χ1) is 15.9. The number of sulfonamides is 1. The maximum Gasteiger partial charge on any atom is 0.244 e. The van der Waals surface area contributed by atoms with Crippen LogP contribution in [-0.2, 0) is 26.0 Å². The summed E-state index contributed by atoms with van der Waals surface area (Å²) in [6.45, 7) is 7.12. The third kappa shape index (κ3) is 7.74. The number of halogens is 1. The fourth-order valence-electron chi connectivity index (χ4n) is 3.53. The van der Waals surface area contributed by atoms with E-state index in [4.69, 9.17) is 11.6 Å². The molecule has 7 nitrogen and oxygen atoms in total. The molecular formula is C25H34ClN3O4S. The molecule has 186 valence electrons. The minimum absolute atomic E-state index is 0.0368. The Balaban J connectivity index is 2.34. The van der Waals surface area contributed by atoms with Gasteiger partial charge in [-0.15, -0.1) is 0 Å². The Kier molecular flexibility index (Phi) is 9.94. The average Bonchev–Trinajstić information content (AvgIpc) is 2.77. The van der Waals surface area contributed by atoms with Crippen molar-refractivity contribution >= 4 is 39.1 Å². The van der Waals surface area contributed by atoms with E-state index in [2.05, 4.69) is 5.32 Å². The quantitative estimate of drug-likeness (QED) is 0.501. The molecule has 0 saturated carbocycles. The molecule has 0 spiro atoms. The van der Waals surface area contributed by atoms with Crippen LogP contribution >= 0.6 is 11.6 Å². The molecule has 0 radical (unpaired) electrons. The van der Waals surface area contributed by atoms with Crippen LogP contribution in [0.15, 0.2) is 48.5 Å². The molecule has 0 aromatic heterocycles. The lowest BCUT2D eigenvalue weighted by Crippen LogP contribution is -2.53. The number of amides is 2. The molecule has 34 heavy (non-hydrogen) atoms. The van der Waals surface area contributed by atoms with E-state index in [1.165, 1.54) is 4.90 Å². The van der Waals surface area contributed by atoms with Crippen molar-refractivity contribution < 1.29 is 18.0 Å². The van der Waals surface area contributed by atoms with Gasteiger partial charge >= 0.3 is 0 Å². The fourth-order valence-corrected chi connectivity index (χ4v) is 4.66. The molecule has 0 aliphatic carbocycles. The Morgan fingerprint density at radius 1 is 1.09 bits per heavy atom. The van der Waals surface area contributed by atoms with Crippen molar-refractivity contribution in [3.63, 3.8) is 0 Å². The summed E-state index contributed by atoms with van der Waals surface area (Å²) in [7, 11) is -3.78.